The monoisotopic (exact) mass is 455 g/mol. The molecule has 2 N–H and O–H groups in total. The van der Waals surface area contributed by atoms with Crippen LogP contribution in [0.25, 0.3) is 0 Å². The van der Waals surface area contributed by atoms with Gasteiger partial charge in [-0.3, -0.25) is 4.79 Å². The predicted molar refractivity (Wildman–Crippen MR) is 136 cm³/mol. The number of aromatic nitrogens is 2. The van der Waals surface area contributed by atoms with Crippen molar-refractivity contribution >= 4 is 23.4 Å². The molecule has 0 fully saturated rings. The standard InChI is InChI=1S/C26H41N5O2/c1-10-11-15-30(24(33)28-23-18(2)13-12-14-19(23)3)17-22(32)27-21-16-20(25(4,5)6)29-31(21)26(7,8)9/h12-14,16H,10-11,15,17H2,1-9H3,(H,27,32)(H,28,33). The summed E-state index contributed by atoms with van der Waals surface area (Å²) in [6.45, 7) is 18.9. The minimum absolute atomic E-state index is 0.0308. The first-order chi connectivity index (χ1) is 15.2. The van der Waals surface area contributed by atoms with Gasteiger partial charge in [0, 0.05) is 23.7 Å². The van der Waals surface area contributed by atoms with Crippen molar-refractivity contribution in [2.24, 2.45) is 0 Å². The van der Waals surface area contributed by atoms with Gasteiger partial charge in [-0.2, -0.15) is 5.10 Å². The molecule has 182 valence electrons. The number of nitrogens with zero attached hydrogens (tertiary/aromatic N) is 3. The Morgan fingerprint density at radius 3 is 2.15 bits per heavy atom. The third kappa shape index (κ3) is 7.07. The Hall–Kier alpha value is -2.83. The number of aryl methyl sites for hydroxylation is 2. The van der Waals surface area contributed by atoms with Crippen LogP contribution < -0.4 is 10.6 Å². The number of carbonyl (C=O) groups is 2. The van der Waals surface area contributed by atoms with Crippen LogP contribution in [0.5, 0.6) is 0 Å². The van der Waals surface area contributed by atoms with Gasteiger partial charge in [-0.15, -0.1) is 0 Å². The fraction of sp³-hybridized carbons (Fsp3) is 0.577. The molecule has 0 aliphatic heterocycles. The summed E-state index contributed by atoms with van der Waals surface area (Å²) in [5, 5.41) is 10.8. The van der Waals surface area contributed by atoms with Gasteiger partial charge in [0.05, 0.1) is 11.2 Å². The van der Waals surface area contributed by atoms with Crippen molar-refractivity contribution in [1.82, 2.24) is 14.7 Å². The summed E-state index contributed by atoms with van der Waals surface area (Å²) >= 11 is 0. The molecule has 2 rings (SSSR count). The minimum atomic E-state index is -0.298. The number of anilines is 2. The summed E-state index contributed by atoms with van der Waals surface area (Å²) < 4.78 is 1.85. The van der Waals surface area contributed by atoms with Gasteiger partial charge in [-0.25, -0.2) is 9.48 Å². The van der Waals surface area contributed by atoms with Crippen LogP contribution in [0.4, 0.5) is 16.3 Å². The van der Waals surface area contributed by atoms with E-state index in [1.165, 1.54) is 0 Å². The number of rotatable bonds is 7. The van der Waals surface area contributed by atoms with E-state index in [1.807, 2.05) is 63.6 Å². The van der Waals surface area contributed by atoms with E-state index in [0.717, 1.165) is 35.3 Å². The molecule has 1 aromatic carbocycles. The third-order valence-electron chi connectivity index (χ3n) is 5.50. The molecule has 7 heteroatoms. The largest absolute Gasteiger partial charge is 0.322 e. The highest BCUT2D eigenvalue weighted by atomic mass is 16.2. The quantitative estimate of drug-likeness (QED) is 0.552. The molecule has 0 spiro atoms. The number of hydrogen-bond donors (Lipinski definition) is 2. The molecule has 2 aromatic rings. The lowest BCUT2D eigenvalue weighted by molar-refractivity contribution is -0.116. The third-order valence-corrected chi connectivity index (χ3v) is 5.50. The topological polar surface area (TPSA) is 79.3 Å². The fourth-order valence-corrected chi connectivity index (χ4v) is 3.50. The van der Waals surface area contributed by atoms with Gasteiger partial charge in [0.2, 0.25) is 5.91 Å². The van der Waals surface area contributed by atoms with Crippen LogP contribution in [0.2, 0.25) is 0 Å². The van der Waals surface area contributed by atoms with Crippen molar-refractivity contribution in [1.29, 1.82) is 0 Å². The number of carbonyl (C=O) groups excluding carboxylic acids is 2. The zero-order valence-corrected chi connectivity index (χ0v) is 21.8. The average molecular weight is 456 g/mol. The molecule has 7 nitrogen and oxygen atoms in total. The average Bonchev–Trinajstić information content (AvgIpc) is 3.12. The van der Waals surface area contributed by atoms with Crippen molar-refractivity contribution in [3.63, 3.8) is 0 Å². The molecule has 1 heterocycles. The lowest BCUT2D eigenvalue weighted by atomic mass is 9.92. The van der Waals surface area contributed by atoms with E-state index in [-0.39, 0.29) is 29.4 Å². The first-order valence-electron chi connectivity index (χ1n) is 11.8. The summed E-state index contributed by atoms with van der Waals surface area (Å²) in [5.41, 5.74) is 3.25. The smallest absolute Gasteiger partial charge is 0.315 e. The van der Waals surface area contributed by atoms with Gasteiger partial charge < -0.3 is 15.5 Å². The second-order valence-corrected chi connectivity index (χ2v) is 10.8. The van der Waals surface area contributed by atoms with Crippen molar-refractivity contribution in [3.8, 4) is 0 Å². The zero-order chi connectivity index (χ0) is 25.0. The molecule has 0 aliphatic rings. The van der Waals surface area contributed by atoms with Crippen LogP contribution >= 0.6 is 0 Å². The molecule has 0 radical (unpaired) electrons. The van der Waals surface area contributed by atoms with E-state index in [2.05, 4.69) is 38.3 Å². The van der Waals surface area contributed by atoms with Gasteiger partial charge in [-0.1, -0.05) is 52.3 Å². The van der Waals surface area contributed by atoms with E-state index in [0.29, 0.717) is 12.4 Å². The molecule has 3 amide bonds. The highest BCUT2D eigenvalue weighted by Gasteiger charge is 2.26. The first kappa shape index (κ1) is 26.4. The summed E-state index contributed by atoms with van der Waals surface area (Å²) in [5.74, 6) is 0.400. The number of hydrogen-bond acceptors (Lipinski definition) is 3. The van der Waals surface area contributed by atoms with Crippen LogP contribution in [0.15, 0.2) is 24.3 Å². The van der Waals surface area contributed by atoms with Gasteiger partial charge in [0.1, 0.15) is 12.4 Å². The second kappa shape index (κ2) is 10.4. The molecule has 33 heavy (non-hydrogen) atoms. The molecule has 1 aromatic heterocycles. The van der Waals surface area contributed by atoms with Gasteiger partial charge in [0.25, 0.3) is 0 Å². The van der Waals surface area contributed by atoms with Crippen LogP contribution in [0.1, 0.15) is 78.1 Å². The first-order valence-corrected chi connectivity index (χ1v) is 11.8. The van der Waals surface area contributed by atoms with E-state index >= 15 is 0 Å². The molecule has 0 aliphatic carbocycles. The lowest BCUT2D eigenvalue weighted by Gasteiger charge is -2.25. The molecule has 0 atom stereocenters. The summed E-state index contributed by atoms with van der Waals surface area (Å²) in [4.78, 5) is 27.7. The minimum Gasteiger partial charge on any atom is -0.315 e. The maximum Gasteiger partial charge on any atom is 0.322 e. The Labute approximate surface area is 198 Å². The number of para-hydroxylation sites is 1. The Kier molecular flexibility index (Phi) is 8.33. The molecule has 0 saturated carbocycles. The van der Waals surface area contributed by atoms with Gasteiger partial charge in [-0.05, 0) is 52.2 Å². The van der Waals surface area contributed by atoms with Crippen LogP contribution in [0, 0.1) is 13.8 Å². The molecular formula is C26H41N5O2. The molecule has 0 unspecified atom stereocenters. The summed E-state index contributed by atoms with van der Waals surface area (Å²) in [6.07, 6.45) is 1.75. The Morgan fingerprint density at radius 1 is 1.03 bits per heavy atom. The number of urea groups is 1. The van der Waals surface area contributed by atoms with Gasteiger partial charge >= 0.3 is 6.03 Å². The SMILES string of the molecule is CCCCN(CC(=O)Nc1cc(C(C)(C)C)nn1C(C)(C)C)C(=O)Nc1c(C)cccc1C. The maximum atomic E-state index is 13.1. The van der Waals surface area contributed by atoms with E-state index in [1.54, 1.807) is 4.90 Å². The van der Waals surface area contributed by atoms with Crippen molar-refractivity contribution < 1.29 is 9.59 Å². The van der Waals surface area contributed by atoms with Crippen molar-refractivity contribution in [3.05, 3.63) is 41.1 Å². The van der Waals surface area contributed by atoms with Gasteiger partial charge in [0.15, 0.2) is 0 Å². The second-order valence-electron chi connectivity index (χ2n) is 10.8. The van der Waals surface area contributed by atoms with E-state index in [9.17, 15) is 9.59 Å². The number of unbranched alkanes of at least 4 members (excludes halogenated alkanes) is 1. The fourth-order valence-electron chi connectivity index (χ4n) is 3.50. The molecule has 0 bridgehead atoms. The highest BCUT2D eigenvalue weighted by Crippen LogP contribution is 2.28. The highest BCUT2D eigenvalue weighted by molar-refractivity contribution is 5.97. The number of nitrogens with one attached hydrogen (secondary N) is 2. The lowest BCUT2D eigenvalue weighted by Crippen LogP contribution is -2.41. The van der Waals surface area contributed by atoms with Crippen LogP contribution in [-0.4, -0.2) is 39.7 Å². The van der Waals surface area contributed by atoms with Crippen molar-refractivity contribution in [2.45, 2.75) is 86.1 Å². The maximum absolute atomic E-state index is 13.1. The van der Waals surface area contributed by atoms with Crippen molar-refractivity contribution in [2.75, 3.05) is 23.7 Å². The van der Waals surface area contributed by atoms with E-state index < -0.39 is 0 Å². The number of benzene rings is 1. The Morgan fingerprint density at radius 2 is 1.64 bits per heavy atom. The number of amides is 3. The molecule has 0 saturated heterocycles. The Bertz CT molecular complexity index is 959. The summed E-state index contributed by atoms with van der Waals surface area (Å²) in [6, 6.07) is 7.55. The predicted octanol–water partition coefficient (Wildman–Crippen LogP) is 5.83. The Balaban J connectivity index is 2.22. The van der Waals surface area contributed by atoms with Crippen LogP contribution in [0.3, 0.4) is 0 Å². The van der Waals surface area contributed by atoms with E-state index in [4.69, 9.17) is 5.10 Å². The summed E-state index contributed by atoms with van der Waals surface area (Å²) in [7, 11) is 0. The van der Waals surface area contributed by atoms with Crippen LogP contribution in [-0.2, 0) is 15.7 Å². The zero-order valence-electron chi connectivity index (χ0n) is 21.8. The molecular weight excluding hydrogens is 414 g/mol. The normalized spacial score (nSPS) is 11.9.